The van der Waals surface area contributed by atoms with Gasteiger partial charge in [-0.25, -0.2) is 26.4 Å². The summed E-state index contributed by atoms with van der Waals surface area (Å²) in [5, 5.41) is 9.86. The number of nitrogens with one attached hydrogen (secondary N) is 1. The van der Waals surface area contributed by atoms with Gasteiger partial charge in [0.05, 0.1) is 15.4 Å². The fraction of sp³-hybridized carbons (Fsp3) is 0.160. The number of hydrogen-bond acceptors (Lipinski definition) is 5. The van der Waals surface area contributed by atoms with Crippen LogP contribution in [0.25, 0.3) is 6.08 Å². The summed E-state index contributed by atoms with van der Waals surface area (Å²) >= 11 is 11.8. The zero-order chi connectivity index (χ0) is 26.8. The molecule has 0 aromatic heterocycles. The zero-order valence-corrected chi connectivity index (χ0v) is 22.3. The molecule has 1 heterocycles. The molecular weight excluding hydrogens is 559 g/mol. The van der Waals surface area contributed by atoms with Gasteiger partial charge in [-0.1, -0.05) is 47.5 Å². The summed E-state index contributed by atoms with van der Waals surface area (Å²) < 4.78 is 56.7. The molecule has 0 saturated carbocycles. The third-order valence-electron chi connectivity index (χ3n) is 5.83. The maximum Gasteiger partial charge on any atom is 0.335 e. The predicted molar refractivity (Wildman–Crippen MR) is 142 cm³/mol. The van der Waals surface area contributed by atoms with Crippen molar-refractivity contribution >= 4 is 55.3 Å². The smallest absolute Gasteiger partial charge is 0.335 e. The molecule has 0 spiro atoms. The van der Waals surface area contributed by atoms with E-state index in [-0.39, 0.29) is 28.3 Å². The molecule has 2 N–H and O–H groups in total. The molecule has 3 aromatic carbocycles. The molecular formula is C25H22Cl2N2O6S2. The second-order valence-corrected chi connectivity index (χ2v) is 12.9. The van der Waals surface area contributed by atoms with Gasteiger partial charge in [-0.15, -0.1) is 0 Å². The van der Waals surface area contributed by atoms with Gasteiger partial charge in [0.2, 0.25) is 20.0 Å². The van der Waals surface area contributed by atoms with Gasteiger partial charge in [-0.2, -0.15) is 4.31 Å². The maximum atomic E-state index is 13.5. The Labute approximate surface area is 225 Å². The topological polar surface area (TPSA) is 121 Å². The highest BCUT2D eigenvalue weighted by molar-refractivity contribution is 7.89. The van der Waals surface area contributed by atoms with E-state index in [1.54, 1.807) is 24.3 Å². The summed E-state index contributed by atoms with van der Waals surface area (Å²) in [4.78, 5) is 11.1. The van der Waals surface area contributed by atoms with Crippen molar-refractivity contribution in [1.29, 1.82) is 0 Å². The lowest BCUT2D eigenvalue weighted by molar-refractivity contribution is 0.0697. The van der Waals surface area contributed by atoms with Crippen LogP contribution in [0.15, 0.2) is 88.7 Å². The summed E-state index contributed by atoms with van der Waals surface area (Å²) in [6.07, 6.45) is 3.53. The van der Waals surface area contributed by atoms with Gasteiger partial charge in [-0.3, -0.25) is 0 Å². The van der Waals surface area contributed by atoms with E-state index in [4.69, 9.17) is 28.3 Å². The number of nitrogens with zero attached hydrogens (tertiary/aromatic N) is 1. The van der Waals surface area contributed by atoms with E-state index in [2.05, 4.69) is 4.72 Å². The van der Waals surface area contributed by atoms with E-state index >= 15 is 0 Å². The van der Waals surface area contributed by atoms with E-state index in [0.29, 0.717) is 15.6 Å². The molecule has 37 heavy (non-hydrogen) atoms. The molecule has 0 unspecified atom stereocenters. The maximum absolute atomic E-state index is 13.5. The van der Waals surface area contributed by atoms with E-state index in [9.17, 15) is 21.6 Å². The summed E-state index contributed by atoms with van der Waals surface area (Å²) in [5.41, 5.74) is 0.792. The van der Waals surface area contributed by atoms with Gasteiger partial charge < -0.3 is 5.11 Å². The van der Waals surface area contributed by atoms with E-state index in [1.165, 1.54) is 65.0 Å². The Balaban J connectivity index is 1.62. The van der Waals surface area contributed by atoms with Crippen LogP contribution in [-0.4, -0.2) is 50.8 Å². The standard InChI is InChI=1S/C25H22Cl2N2O6S2/c26-19-6-11-23(12-7-19)36(32,33)28-21-15-22(10-3-17-1-4-18(5-2-17)25(30)31)29(16-21)37(34,35)24-13-8-20(27)9-14-24/h1-14,21-22,28H,15-16H2,(H,30,31)/b10-3-/t21-,22-/m1/s1. The second-order valence-electron chi connectivity index (χ2n) is 8.39. The van der Waals surface area contributed by atoms with Crippen LogP contribution in [-0.2, 0) is 20.0 Å². The number of carboxylic acids is 1. The zero-order valence-electron chi connectivity index (χ0n) is 19.2. The molecule has 0 amide bonds. The molecule has 0 radical (unpaired) electrons. The van der Waals surface area contributed by atoms with Crippen molar-refractivity contribution in [3.05, 3.63) is 100 Å². The molecule has 194 valence electrons. The van der Waals surface area contributed by atoms with Crippen LogP contribution in [0.1, 0.15) is 22.3 Å². The van der Waals surface area contributed by atoms with Gasteiger partial charge >= 0.3 is 5.97 Å². The number of carbonyl (C=O) groups is 1. The molecule has 0 bridgehead atoms. The summed E-state index contributed by atoms with van der Waals surface area (Å²) in [6, 6.07) is 16.1. The lowest BCUT2D eigenvalue weighted by Gasteiger charge is -2.22. The van der Waals surface area contributed by atoms with Crippen molar-refractivity contribution in [1.82, 2.24) is 9.03 Å². The van der Waals surface area contributed by atoms with Crippen molar-refractivity contribution in [2.24, 2.45) is 0 Å². The molecule has 1 fully saturated rings. The number of carboxylic acid groups (broad SMARTS) is 1. The van der Waals surface area contributed by atoms with E-state index in [0.717, 1.165) is 0 Å². The molecule has 0 aliphatic carbocycles. The average Bonchev–Trinajstić information content (AvgIpc) is 3.26. The molecule has 4 rings (SSSR count). The SMILES string of the molecule is O=C(O)c1ccc(/C=C\[C@@H]2C[C@@H](NS(=O)(=O)c3ccc(Cl)cc3)CN2S(=O)(=O)c2ccc(Cl)cc2)cc1. The monoisotopic (exact) mass is 580 g/mol. The number of hydrogen-bond donors (Lipinski definition) is 2. The van der Waals surface area contributed by atoms with Gasteiger partial charge in [0.15, 0.2) is 0 Å². The fourth-order valence-electron chi connectivity index (χ4n) is 3.97. The Hall–Kier alpha value is -2.73. The molecule has 8 nitrogen and oxygen atoms in total. The van der Waals surface area contributed by atoms with E-state index < -0.39 is 38.1 Å². The van der Waals surface area contributed by atoms with Gasteiger partial charge in [-0.05, 0) is 72.6 Å². The number of sulfonamides is 2. The highest BCUT2D eigenvalue weighted by atomic mass is 35.5. The summed E-state index contributed by atoms with van der Waals surface area (Å²) in [6.45, 7) is -0.0925. The first-order valence-corrected chi connectivity index (χ1v) is 14.7. The average molecular weight is 581 g/mol. The van der Waals surface area contributed by atoms with Crippen LogP contribution in [0.3, 0.4) is 0 Å². The molecule has 1 saturated heterocycles. The van der Waals surface area contributed by atoms with Gasteiger partial charge in [0.1, 0.15) is 0 Å². The van der Waals surface area contributed by atoms with E-state index in [1.807, 2.05) is 0 Å². The number of benzene rings is 3. The molecule has 12 heteroatoms. The minimum atomic E-state index is -3.99. The molecule has 2 atom stereocenters. The Morgan fingerprint density at radius 2 is 1.41 bits per heavy atom. The molecule has 3 aromatic rings. The van der Waals surface area contributed by atoms with Gasteiger partial charge in [0.25, 0.3) is 0 Å². The van der Waals surface area contributed by atoms with Crippen molar-refractivity contribution in [3.63, 3.8) is 0 Å². The van der Waals surface area contributed by atoms with Crippen LogP contribution < -0.4 is 4.72 Å². The minimum absolute atomic E-state index is 0.0153. The van der Waals surface area contributed by atoms with Crippen LogP contribution in [0.4, 0.5) is 0 Å². The second kappa shape index (κ2) is 10.9. The van der Waals surface area contributed by atoms with Crippen LogP contribution in [0, 0.1) is 0 Å². The summed E-state index contributed by atoms with van der Waals surface area (Å²) in [5.74, 6) is -1.05. The van der Waals surface area contributed by atoms with Crippen molar-refractivity contribution in [2.75, 3.05) is 6.54 Å². The van der Waals surface area contributed by atoms with Crippen molar-refractivity contribution in [3.8, 4) is 0 Å². The van der Waals surface area contributed by atoms with Gasteiger partial charge in [0, 0.05) is 28.7 Å². The highest BCUT2D eigenvalue weighted by Crippen LogP contribution is 2.29. The highest BCUT2D eigenvalue weighted by Gasteiger charge is 2.40. The Morgan fingerprint density at radius 3 is 1.95 bits per heavy atom. The van der Waals surface area contributed by atoms with Crippen molar-refractivity contribution in [2.45, 2.75) is 28.3 Å². The first-order valence-electron chi connectivity index (χ1n) is 11.0. The van der Waals surface area contributed by atoms with Crippen LogP contribution in [0.2, 0.25) is 10.0 Å². The number of aromatic carboxylic acids is 1. The number of halogens is 2. The van der Waals surface area contributed by atoms with Crippen molar-refractivity contribution < 1.29 is 26.7 Å². The summed E-state index contributed by atoms with van der Waals surface area (Å²) in [7, 11) is -7.92. The molecule has 1 aliphatic rings. The largest absolute Gasteiger partial charge is 0.478 e. The Kier molecular flexibility index (Phi) is 8.08. The van der Waals surface area contributed by atoms with Crippen LogP contribution >= 0.6 is 23.2 Å². The first kappa shape index (κ1) is 27.3. The first-order chi connectivity index (χ1) is 17.5. The third kappa shape index (κ3) is 6.40. The van der Waals surface area contributed by atoms with Crippen LogP contribution in [0.5, 0.6) is 0 Å². The lowest BCUT2D eigenvalue weighted by atomic mass is 10.1. The normalized spacial score (nSPS) is 18.9. The quantitative estimate of drug-likeness (QED) is 0.404. The third-order valence-corrected chi connectivity index (χ3v) is 9.78. The predicted octanol–water partition coefficient (Wildman–Crippen LogP) is 4.52. The number of rotatable bonds is 8. The minimum Gasteiger partial charge on any atom is -0.478 e. The lowest BCUT2D eigenvalue weighted by Crippen LogP contribution is -2.39. The molecule has 1 aliphatic heterocycles. The fourth-order valence-corrected chi connectivity index (χ4v) is 7.11. The Bertz CT molecular complexity index is 1520. The Morgan fingerprint density at radius 1 is 0.865 bits per heavy atom.